The molecule has 0 heterocycles. The van der Waals surface area contributed by atoms with Crippen LogP contribution in [0.1, 0.15) is 52.2 Å². The molecule has 1 aromatic rings. The van der Waals surface area contributed by atoms with Gasteiger partial charge in [-0.15, -0.1) is 0 Å². The Morgan fingerprint density at radius 2 is 2.05 bits per heavy atom. The number of nitrogens with one attached hydrogen (secondary N) is 1. The molecule has 1 fully saturated rings. The maximum Gasteiger partial charge on any atom is 0.317 e. The van der Waals surface area contributed by atoms with Crippen LogP contribution in [-0.4, -0.2) is 28.3 Å². The normalized spacial score (nSPS) is 17.9. The molecule has 1 aromatic carbocycles. The van der Waals surface area contributed by atoms with Crippen LogP contribution in [0.4, 0.5) is 0 Å². The molecule has 1 aliphatic rings. The molecular formula is C17H25NO4. The molecule has 22 heavy (non-hydrogen) atoms. The van der Waals surface area contributed by atoms with Crippen LogP contribution in [0.5, 0.6) is 11.5 Å². The van der Waals surface area contributed by atoms with Crippen molar-refractivity contribution in [1.82, 2.24) is 5.32 Å². The zero-order valence-corrected chi connectivity index (χ0v) is 13.6. The predicted octanol–water partition coefficient (Wildman–Crippen LogP) is 2.52. The summed E-state index contributed by atoms with van der Waals surface area (Å²) >= 11 is 0. The van der Waals surface area contributed by atoms with Crippen LogP contribution in [0.25, 0.3) is 0 Å². The van der Waals surface area contributed by atoms with Gasteiger partial charge in [-0.1, -0.05) is 6.07 Å². The smallest absolute Gasteiger partial charge is 0.317 e. The van der Waals surface area contributed by atoms with Gasteiger partial charge in [0.05, 0.1) is 11.5 Å². The lowest BCUT2D eigenvalue weighted by Crippen LogP contribution is -2.38. The van der Waals surface area contributed by atoms with Crippen molar-refractivity contribution in [1.29, 1.82) is 0 Å². The van der Waals surface area contributed by atoms with Gasteiger partial charge in [0.25, 0.3) is 0 Å². The van der Waals surface area contributed by atoms with Crippen LogP contribution in [0.15, 0.2) is 18.2 Å². The van der Waals surface area contributed by atoms with Gasteiger partial charge in [0.1, 0.15) is 0 Å². The van der Waals surface area contributed by atoms with Crippen molar-refractivity contribution in [2.75, 3.05) is 6.54 Å². The average molecular weight is 307 g/mol. The quantitative estimate of drug-likeness (QED) is 0.575. The summed E-state index contributed by atoms with van der Waals surface area (Å²) < 4.78 is 5.23. The van der Waals surface area contributed by atoms with Crippen LogP contribution in [0.3, 0.4) is 0 Å². The van der Waals surface area contributed by atoms with Crippen LogP contribution in [0, 0.1) is 5.41 Å². The molecule has 1 aliphatic carbocycles. The summed E-state index contributed by atoms with van der Waals surface area (Å²) in [5.41, 5.74) is 0.0751. The molecule has 0 saturated heterocycles. The fourth-order valence-electron chi connectivity index (χ4n) is 1.96. The number of hydrogen-bond donors (Lipinski definition) is 3. The van der Waals surface area contributed by atoms with E-state index < -0.39 is 11.5 Å². The molecule has 0 radical (unpaired) electrons. The van der Waals surface area contributed by atoms with E-state index in [1.54, 1.807) is 6.07 Å². The highest BCUT2D eigenvalue weighted by Crippen LogP contribution is 2.46. The Hall–Kier alpha value is -1.59. The van der Waals surface area contributed by atoms with E-state index in [1.807, 2.05) is 27.7 Å². The molecule has 2 rings (SSSR count). The summed E-state index contributed by atoms with van der Waals surface area (Å²) in [6.45, 7) is 8.26. The Balaban J connectivity index is 2.01. The van der Waals surface area contributed by atoms with E-state index in [0.29, 0.717) is 12.1 Å². The summed E-state index contributed by atoms with van der Waals surface area (Å²) in [6, 6.07) is 4.62. The number of phenols is 1. The van der Waals surface area contributed by atoms with Gasteiger partial charge in [-0.2, -0.15) is 0 Å². The van der Waals surface area contributed by atoms with Crippen LogP contribution < -0.4 is 10.1 Å². The van der Waals surface area contributed by atoms with Crippen LogP contribution in [-0.2, 0) is 4.79 Å². The Bertz CT molecular complexity index is 558. The maximum absolute atomic E-state index is 11.9. The second-order valence-corrected chi connectivity index (χ2v) is 7.32. The second kappa shape index (κ2) is 5.89. The van der Waals surface area contributed by atoms with Gasteiger partial charge in [0, 0.05) is 12.1 Å². The molecule has 1 unspecified atom stereocenters. The van der Waals surface area contributed by atoms with E-state index in [1.165, 1.54) is 12.1 Å². The van der Waals surface area contributed by atoms with E-state index >= 15 is 0 Å². The number of ether oxygens (including phenoxy) is 1. The number of aliphatic hydroxyl groups is 1. The number of β-amino-alcohol motifs (C(OH)–C–C–N with tert-alkyl or cyclic N) is 1. The summed E-state index contributed by atoms with van der Waals surface area (Å²) in [7, 11) is 0. The lowest BCUT2D eigenvalue weighted by atomic mass is 10.1. The minimum atomic E-state index is -0.740. The first-order valence-electron chi connectivity index (χ1n) is 7.59. The molecule has 0 spiro atoms. The summed E-state index contributed by atoms with van der Waals surface area (Å²) in [4.78, 5) is 11.9. The van der Waals surface area contributed by atoms with E-state index in [2.05, 4.69) is 5.32 Å². The Labute approximate surface area is 131 Å². The largest absolute Gasteiger partial charge is 0.504 e. The Kier molecular flexibility index (Phi) is 4.49. The number of carbonyl (C=O) groups excluding carboxylic acids is 1. The zero-order chi connectivity index (χ0) is 16.5. The van der Waals surface area contributed by atoms with Gasteiger partial charge < -0.3 is 20.3 Å². The molecule has 1 saturated carbocycles. The summed E-state index contributed by atoms with van der Waals surface area (Å²) in [5.74, 6) is -0.312. The minimum absolute atomic E-state index is 0.0990. The Morgan fingerprint density at radius 1 is 1.41 bits per heavy atom. The number of rotatable bonds is 5. The number of aromatic hydroxyl groups is 1. The van der Waals surface area contributed by atoms with Gasteiger partial charge in [-0.25, -0.2) is 0 Å². The van der Waals surface area contributed by atoms with Gasteiger partial charge in [0.2, 0.25) is 0 Å². The highest BCUT2D eigenvalue weighted by molar-refractivity contribution is 5.81. The highest BCUT2D eigenvalue weighted by atomic mass is 16.5. The van der Waals surface area contributed by atoms with Crippen LogP contribution in [0.2, 0.25) is 0 Å². The van der Waals surface area contributed by atoms with Crippen molar-refractivity contribution < 1.29 is 19.7 Å². The molecule has 1 atom stereocenters. The fourth-order valence-corrected chi connectivity index (χ4v) is 1.96. The predicted molar refractivity (Wildman–Crippen MR) is 83.8 cm³/mol. The number of carbonyl (C=O) groups is 1. The second-order valence-electron chi connectivity index (χ2n) is 7.32. The molecule has 0 aliphatic heterocycles. The first-order valence-corrected chi connectivity index (χ1v) is 7.59. The SMILES string of the molecule is CC(C)(C)NCC(O)c1ccc(OC(=O)C2(C)CC2)c(O)c1. The number of hydrogen-bond acceptors (Lipinski definition) is 5. The molecular weight excluding hydrogens is 282 g/mol. The van der Waals surface area contributed by atoms with Crippen molar-refractivity contribution in [3.05, 3.63) is 23.8 Å². The summed E-state index contributed by atoms with van der Waals surface area (Å²) in [5, 5.41) is 23.3. The van der Waals surface area contributed by atoms with Crippen molar-refractivity contribution >= 4 is 5.97 Å². The lowest BCUT2D eigenvalue weighted by molar-refractivity contribution is -0.139. The number of esters is 1. The lowest BCUT2D eigenvalue weighted by Gasteiger charge is -2.23. The van der Waals surface area contributed by atoms with Gasteiger partial charge in [-0.3, -0.25) is 4.79 Å². The first-order chi connectivity index (χ1) is 10.1. The van der Waals surface area contributed by atoms with Crippen molar-refractivity contribution in [2.45, 2.75) is 52.2 Å². The maximum atomic E-state index is 11.9. The topological polar surface area (TPSA) is 78.8 Å². The van der Waals surface area contributed by atoms with Crippen LogP contribution >= 0.6 is 0 Å². The van der Waals surface area contributed by atoms with Gasteiger partial charge in [0.15, 0.2) is 11.5 Å². The standard InChI is InChI=1S/C17H25NO4/c1-16(2,3)18-10-13(20)11-5-6-14(12(19)9-11)22-15(21)17(4)7-8-17/h5-6,9,13,18-20H,7-8,10H2,1-4H3. The third kappa shape index (κ3) is 4.21. The van der Waals surface area contributed by atoms with Crippen molar-refractivity contribution in [2.24, 2.45) is 5.41 Å². The minimum Gasteiger partial charge on any atom is -0.504 e. The third-order valence-corrected chi connectivity index (χ3v) is 3.89. The average Bonchev–Trinajstić information content (AvgIpc) is 3.16. The molecule has 3 N–H and O–H groups in total. The highest BCUT2D eigenvalue weighted by Gasteiger charge is 2.47. The molecule has 5 nitrogen and oxygen atoms in total. The van der Waals surface area contributed by atoms with E-state index in [9.17, 15) is 15.0 Å². The first kappa shape index (κ1) is 16.8. The molecule has 5 heteroatoms. The Morgan fingerprint density at radius 3 is 2.55 bits per heavy atom. The van der Waals surface area contributed by atoms with Gasteiger partial charge >= 0.3 is 5.97 Å². The monoisotopic (exact) mass is 307 g/mol. The summed E-state index contributed by atoms with van der Waals surface area (Å²) in [6.07, 6.45) is 0.903. The number of aliphatic hydroxyl groups excluding tert-OH is 1. The fraction of sp³-hybridized carbons (Fsp3) is 0.588. The van der Waals surface area contributed by atoms with Gasteiger partial charge in [-0.05, 0) is 58.2 Å². The van der Waals surface area contributed by atoms with Crippen molar-refractivity contribution in [3.63, 3.8) is 0 Å². The molecule has 0 amide bonds. The number of benzene rings is 1. The van der Waals surface area contributed by atoms with E-state index in [-0.39, 0.29) is 23.0 Å². The molecule has 122 valence electrons. The number of phenolic OH excluding ortho intramolecular Hbond substituents is 1. The zero-order valence-electron chi connectivity index (χ0n) is 13.6. The van der Waals surface area contributed by atoms with E-state index in [4.69, 9.17) is 4.74 Å². The van der Waals surface area contributed by atoms with E-state index in [0.717, 1.165) is 12.8 Å². The third-order valence-electron chi connectivity index (χ3n) is 3.89. The molecule has 0 bridgehead atoms. The molecule has 0 aromatic heterocycles. The van der Waals surface area contributed by atoms with Crippen molar-refractivity contribution in [3.8, 4) is 11.5 Å².